The van der Waals surface area contributed by atoms with Crippen molar-refractivity contribution < 1.29 is 23.9 Å². The fraction of sp³-hybridized carbons (Fsp3) is 0.310. The molecule has 0 aliphatic carbocycles. The molecule has 3 aromatic carbocycles. The van der Waals surface area contributed by atoms with Gasteiger partial charge in [-0.25, -0.2) is 9.96 Å². The van der Waals surface area contributed by atoms with Gasteiger partial charge in [0.05, 0.1) is 30.6 Å². The lowest BCUT2D eigenvalue weighted by atomic mass is 9.90. The summed E-state index contributed by atoms with van der Waals surface area (Å²) in [5.41, 5.74) is 1.97. The predicted molar refractivity (Wildman–Crippen MR) is 142 cm³/mol. The van der Waals surface area contributed by atoms with Gasteiger partial charge in [-0.2, -0.15) is 0 Å². The van der Waals surface area contributed by atoms with Gasteiger partial charge < -0.3 is 9.47 Å². The normalized spacial score (nSPS) is 20.9. The molecule has 0 bridgehead atoms. The third-order valence-corrected chi connectivity index (χ3v) is 6.79. The molecular weight excluding hydrogens is 492 g/mol. The third kappa shape index (κ3) is 4.77. The standard InChI is InChI=1S/C29H29ClN2O5/c1-3-5-16-36-23-15-14-19(17-24(23)35-4-2)26-25-27(37-32(26)21-11-7-6-8-12-21)29(34)31(28(25)33)22-13-9-10-20(30)18-22/h6-15,17-18,25-27H,3-5,16H2,1-2H3/t25-,26-,27-/m1/s1. The molecule has 2 aliphatic heterocycles. The molecule has 8 heteroatoms. The molecule has 0 saturated carbocycles. The molecule has 37 heavy (non-hydrogen) atoms. The van der Waals surface area contributed by atoms with Crippen LogP contribution in [-0.4, -0.2) is 31.1 Å². The van der Waals surface area contributed by atoms with Crippen molar-refractivity contribution >= 4 is 34.8 Å². The molecule has 3 aromatic rings. The molecule has 2 fully saturated rings. The minimum Gasteiger partial charge on any atom is -0.490 e. The Bertz CT molecular complexity index is 1280. The summed E-state index contributed by atoms with van der Waals surface area (Å²) in [6, 6.07) is 21.3. The first-order chi connectivity index (χ1) is 18.0. The first-order valence-corrected chi connectivity index (χ1v) is 12.9. The number of benzene rings is 3. The molecular formula is C29H29ClN2O5. The van der Waals surface area contributed by atoms with Crippen LogP contribution in [0.3, 0.4) is 0 Å². The fourth-order valence-corrected chi connectivity index (χ4v) is 5.03. The van der Waals surface area contributed by atoms with Gasteiger partial charge in [0.15, 0.2) is 17.6 Å². The average Bonchev–Trinajstić information content (AvgIpc) is 3.41. The second kappa shape index (κ2) is 10.8. The smallest absolute Gasteiger partial charge is 0.266 e. The summed E-state index contributed by atoms with van der Waals surface area (Å²) in [4.78, 5) is 34.7. The minimum absolute atomic E-state index is 0.332. The van der Waals surface area contributed by atoms with Crippen molar-refractivity contribution in [2.45, 2.75) is 38.8 Å². The molecule has 0 unspecified atom stereocenters. The quantitative estimate of drug-likeness (QED) is 0.256. The van der Waals surface area contributed by atoms with Gasteiger partial charge in [-0.15, -0.1) is 0 Å². The number of halogens is 1. The van der Waals surface area contributed by atoms with Crippen LogP contribution >= 0.6 is 11.6 Å². The van der Waals surface area contributed by atoms with Crippen LogP contribution in [-0.2, 0) is 14.4 Å². The number of hydroxylamine groups is 1. The van der Waals surface area contributed by atoms with Crippen molar-refractivity contribution in [3.05, 3.63) is 83.4 Å². The Hall–Kier alpha value is -3.55. The van der Waals surface area contributed by atoms with Crippen LogP contribution in [0, 0.1) is 5.92 Å². The maximum absolute atomic E-state index is 13.8. The Labute approximate surface area is 221 Å². The average molecular weight is 521 g/mol. The zero-order valence-electron chi connectivity index (χ0n) is 20.8. The Kier molecular flexibility index (Phi) is 7.35. The number of para-hydroxylation sites is 1. The number of rotatable bonds is 9. The molecule has 0 spiro atoms. The van der Waals surface area contributed by atoms with E-state index in [-0.39, 0.29) is 5.91 Å². The molecule has 192 valence electrons. The monoisotopic (exact) mass is 520 g/mol. The van der Waals surface area contributed by atoms with Crippen LogP contribution in [0.1, 0.15) is 38.3 Å². The summed E-state index contributed by atoms with van der Waals surface area (Å²) in [6.45, 7) is 5.07. The van der Waals surface area contributed by atoms with E-state index in [1.807, 2.05) is 55.5 Å². The van der Waals surface area contributed by atoms with E-state index >= 15 is 0 Å². The predicted octanol–water partition coefficient (Wildman–Crippen LogP) is 5.97. The number of ether oxygens (including phenoxy) is 2. The zero-order chi connectivity index (χ0) is 25.9. The fourth-order valence-electron chi connectivity index (χ4n) is 4.84. The van der Waals surface area contributed by atoms with E-state index in [0.717, 1.165) is 24.1 Å². The number of imide groups is 1. The second-order valence-electron chi connectivity index (χ2n) is 8.99. The van der Waals surface area contributed by atoms with Crippen molar-refractivity contribution in [1.29, 1.82) is 0 Å². The van der Waals surface area contributed by atoms with E-state index in [0.29, 0.717) is 35.4 Å². The zero-order valence-corrected chi connectivity index (χ0v) is 21.6. The SMILES string of the molecule is CCCCOc1ccc([C@@H]2[C@H]3C(=O)N(c4cccc(Cl)c4)C(=O)[C@@H]3ON2c2ccccc2)cc1OCC. The van der Waals surface area contributed by atoms with Gasteiger partial charge in [-0.1, -0.05) is 55.3 Å². The van der Waals surface area contributed by atoms with Crippen LogP contribution in [0.15, 0.2) is 72.8 Å². The molecule has 2 saturated heterocycles. The largest absolute Gasteiger partial charge is 0.490 e. The van der Waals surface area contributed by atoms with Crippen molar-refractivity contribution in [2.75, 3.05) is 23.2 Å². The molecule has 2 heterocycles. The summed E-state index contributed by atoms with van der Waals surface area (Å²) >= 11 is 6.16. The van der Waals surface area contributed by atoms with E-state index < -0.39 is 24.0 Å². The van der Waals surface area contributed by atoms with Crippen LogP contribution in [0.25, 0.3) is 0 Å². The lowest BCUT2D eigenvalue weighted by Gasteiger charge is -2.29. The van der Waals surface area contributed by atoms with Crippen LogP contribution in [0.4, 0.5) is 11.4 Å². The van der Waals surface area contributed by atoms with Crippen LogP contribution in [0.2, 0.25) is 5.02 Å². The maximum Gasteiger partial charge on any atom is 0.266 e. The highest BCUT2D eigenvalue weighted by Gasteiger charge is 2.60. The molecule has 7 nitrogen and oxygen atoms in total. The first kappa shape index (κ1) is 25.1. The lowest BCUT2D eigenvalue weighted by molar-refractivity contribution is -0.126. The number of fused-ring (bicyclic) bond motifs is 1. The highest BCUT2D eigenvalue weighted by Crippen LogP contribution is 2.48. The summed E-state index contributed by atoms with van der Waals surface area (Å²) < 4.78 is 11.9. The number of carbonyl (C=O) groups excluding carboxylic acids is 2. The molecule has 3 atom stereocenters. The number of hydrogen-bond donors (Lipinski definition) is 0. The van der Waals surface area contributed by atoms with Crippen molar-refractivity contribution in [2.24, 2.45) is 5.92 Å². The van der Waals surface area contributed by atoms with Gasteiger partial charge in [0, 0.05) is 5.02 Å². The van der Waals surface area contributed by atoms with Gasteiger partial charge >= 0.3 is 0 Å². The number of anilines is 2. The summed E-state index contributed by atoms with van der Waals surface area (Å²) in [7, 11) is 0. The third-order valence-electron chi connectivity index (χ3n) is 6.56. The van der Waals surface area contributed by atoms with Crippen molar-refractivity contribution in [1.82, 2.24) is 0 Å². The van der Waals surface area contributed by atoms with Crippen molar-refractivity contribution in [3.8, 4) is 11.5 Å². The number of hydrogen-bond acceptors (Lipinski definition) is 6. The Balaban J connectivity index is 1.55. The Morgan fingerprint density at radius 3 is 2.38 bits per heavy atom. The highest BCUT2D eigenvalue weighted by atomic mass is 35.5. The highest BCUT2D eigenvalue weighted by molar-refractivity contribution is 6.31. The molecule has 0 aromatic heterocycles. The molecule has 0 radical (unpaired) electrons. The van der Waals surface area contributed by atoms with E-state index in [1.165, 1.54) is 4.90 Å². The molecule has 2 aliphatic rings. The van der Waals surface area contributed by atoms with E-state index in [9.17, 15) is 9.59 Å². The van der Waals surface area contributed by atoms with Crippen LogP contribution in [0.5, 0.6) is 11.5 Å². The van der Waals surface area contributed by atoms with Gasteiger partial charge in [-0.3, -0.25) is 14.4 Å². The van der Waals surface area contributed by atoms with Gasteiger partial charge in [-0.05, 0) is 61.4 Å². The summed E-state index contributed by atoms with van der Waals surface area (Å²) in [5, 5.41) is 2.11. The van der Waals surface area contributed by atoms with Gasteiger partial charge in [0.2, 0.25) is 5.91 Å². The van der Waals surface area contributed by atoms with E-state index in [1.54, 1.807) is 29.3 Å². The molecule has 0 N–H and O–H groups in total. The number of unbranched alkanes of at least 4 members (excludes halogenated alkanes) is 1. The molecule has 2 amide bonds. The van der Waals surface area contributed by atoms with Crippen molar-refractivity contribution in [3.63, 3.8) is 0 Å². The van der Waals surface area contributed by atoms with Gasteiger partial charge in [0.25, 0.3) is 5.91 Å². The Morgan fingerprint density at radius 2 is 1.65 bits per heavy atom. The summed E-state index contributed by atoms with van der Waals surface area (Å²) in [5.74, 6) is -0.258. The van der Waals surface area contributed by atoms with E-state index in [4.69, 9.17) is 25.9 Å². The number of amides is 2. The lowest BCUT2D eigenvalue weighted by Crippen LogP contribution is -2.37. The molecule has 5 rings (SSSR count). The van der Waals surface area contributed by atoms with E-state index in [2.05, 4.69) is 6.92 Å². The minimum atomic E-state index is -0.965. The first-order valence-electron chi connectivity index (χ1n) is 12.6. The van der Waals surface area contributed by atoms with Gasteiger partial charge in [0.1, 0.15) is 5.92 Å². The van der Waals surface area contributed by atoms with Crippen LogP contribution < -0.4 is 19.4 Å². The number of nitrogens with zero attached hydrogens (tertiary/aromatic N) is 2. The Morgan fingerprint density at radius 1 is 0.865 bits per heavy atom. The second-order valence-corrected chi connectivity index (χ2v) is 9.43. The number of carbonyl (C=O) groups is 2. The summed E-state index contributed by atoms with van der Waals surface area (Å²) in [6.07, 6.45) is 0.994. The topological polar surface area (TPSA) is 68.3 Å². The maximum atomic E-state index is 13.8.